The number of benzene rings is 4. The Labute approximate surface area is 277 Å². The van der Waals surface area contributed by atoms with Crippen LogP contribution in [-0.4, -0.2) is 63.7 Å². The summed E-state index contributed by atoms with van der Waals surface area (Å²) in [6.45, 7) is 6.33. The van der Waals surface area contributed by atoms with E-state index in [1.54, 1.807) is 62.4 Å². The largest absolute Gasteiger partial charge is 0.507 e. The fourth-order valence-electron chi connectivity index (χ4n) is 3.71. The zero-order valence-electron chi connectivity index (χ0n) is 27.3. The number of phenols is 4. The van der Waals surface area contributed by atoms with Crippen LogP contribution in [0.25, 0.3) is 0 Å². The van der Waals surface area contributed by atoms with Gasteiger partial charge in [-0.25, -0.2) is 10.9 Å². The van der Waals surface area contributed by atoms with E-state index < -0.39 is 11.8 Å². The second-order valence-corrected chi connectivity index (χ2v) is 9.98. The lowest BCUT2D eigenvalue weighted by Gasteiger charge is -2.08. The van der Waals surface area contributed by atoms with Gasteiger partial charge >= 0.3 is 0 Å². The van der Waals surface area contributed by atoms with E-state index in [2.05, 4.69) is 21.1 Å². The minimum Gasteiger partial charge on any atom is -0.507 e. The number of ketones is 1. The number of amides is 2. The molecule has 0 spiro atoms. The maximum absolute atomic E-state index is 11.9. The van der Waals surface area contributed by atoms with Crippen LogP contribution in [0.2, 0.25) is 0 Å². The summed E-state index contributed by atoms with van der Waals surface area (Å²) in [5.41, 5.74) is 6.61. The topological polar surface area (TPSA) is 199 Å². The van der Waals surface area contributed by atoms with E-state index >= 15 is 0 Å². The summed E-state index contributed by atoms with van der Waals surface area (Å²) in [5.74, 6) is 0.00954. The van der Waals surface area contributed by atoms with Gasteiger partial charge in [-0.2, -0.15) is 10.2 Å². The molecule has 4 aromatic carbocycles. The monoisotopic (exact) mass is 658 g/mol. The fourth-order valence-corrected chi connectivity index (χ4v) is 3.71. The van der Waals surface area contributed by atoms with E-state index in [-0.39, 0.29) is 39.9 Å². The van der Waals surface area contributed by atoms with Crippen molar-refractivity contribution in [1.82, 2.24) is 10.9 Å². The molecule has 0 bridgehead atoms. The van der Waals surface area contributed by atoms with E-state index in [0.29, 0.717) is 34.0 Å². The summed E-state index contributed by atoms with van der Waals surface area (Å²) in [7, 11) is 3.03. The second-order valence-electron chi connectivity index (χ2n) is 9.98. The fraction of sp³-hybridized carbons (Fsp3) is 0.171. The number of carbonyl (C=O) groups is 3. The van der Waals surface area contributed by atoms with Gasteiger partial charge in [0.05, 0.1) is 36.8 Å². The molecule has 0 fully saturated rings. The van der Waals surface area contributed by atoms with Crippen LogP contribution in [0, 0.1) is 0 Å². The summed E-state index contributed by atoms with van der Waals surface area (Å²) in [6.07, 6.45) is 0. The molecule has 252 valence electrons. The molecule has 4 rings (SSSR count). The van der Waals surface area contributed by atoms with Gasteiger partial charge in [0.25, 0.3) is 11.8 Å². The highest BCUT2D eigenvalue weighted by Gasteiger charge is 2.12. The number of para-hydroxylation sites is 2. The zero-order chi connectivity index (χ0) is 35.8. The molecule has 0 aromatic heterocycles. The number of nitrogens with one attached hydrogen (secondary N) is 2. The Hall–Kier alpha value is -6.37. The zero-order valence-corrected chi connectivity index (χ0v) is 27.3. The second kappa shape index (κ2) is 18.6. The molecule has 2 amide bonds. The highest BCUT2D eigenvalue weighted by Crippen LogP contribution is 2.25. The van der Waals surface area contributed by atoms with Gasteiger partial charge in [0.2, 0.25) is 0 Å². The molecule has 0 aliphatic rings. The smallest absolute Gasteiger partial charge is 0.275 e. The third kappa shape index (κ3) is 11.5. The van der Waals surface area contributed by atoms with E-state index in [0.717, 1.165) is 0 Å². The first kappa shape index (κ1) is 37.8. The third-order valence-corrected chi connectivity index (χ3v) is 6.13. The molecule has 0 atom stereocenters. The molecule has 0 saturated heterocycles. The standard InChI is InChI=1S/2C16H16N2O4.C3H6O/c2*1-10(13-9-11(22-2)7-8-15(13)20)17-18-16(21)12-5-3-4-6-14(12)19;1-3(2)4/h2*3-9,19-20H,1-2H3,(H,18,21);1-2H3/b2*17-10+;. The molecule has 0 saturated carbocycles. The number of methoxy groups -OCH3 is 2. The molecular formula is C35H38N4O9. The van der Waals surface area contributed by atoms with Gasteiger partial charge in [0, 0.05) is 11.1 Å². The normalized spacial score (nSPS) is 10.7. The number of hydrazone groups is 2. The number of ether oxygens (including phenoxy) is 2. The summed E-state index contributed by atoms with van der Waals surface area (Å²) >= 11 is 0. The lowest BCUT2D eigenvalue weighted by Crippen LogP contribution is -2.19. The van der Waals surface area contributed by atoms with Crippen molar-refractivity contribution in [3.8, 4) is 34.5 Å². The molecule has 6 N–H and O–H groups in total. The first-order chi connectivity index (χ1) is 22.8. The molecule has 0 aliphatic carbocycles. The van der Waals surface area contributed by atoms with E-state index in [1.807, 2.05) is 0 Å². The van der Waals surface area contributed by atoms with Crippen molar-refractivity contribution in [1.29, 1.82) is 0 Å². The number of phenolic OH excluding ortho intramolecular Hbond substituents is 4. The van der Waals surface area contributed by atoms with Gasteiger partial charge in [0.1, 0.15) is 40.3 Å². The Balaban J connectivity index is 0.000000300. The predicted molar refractivity (Wildman–Crippen MR) is 181 cm³/mol. The van der Waals surface area contributed by atoms with Crippen molar-refractivity contribution in [2.45, 2.75) is 27.7 Å². The van der Waals surface area contributed by atoms with Gasteiger partial charge < -0.3 is 34.7 Å². The highest BCUT2D eigenvalue weighted by molar-refractivity contribution is 6.04. The average Bonchev–Trinajstić information content (AvgIpc) is 3.06. The molecule has 13 nitrogen and oxygen atoms in total. The highest BCUT2D eigenvalue weighted by atomic mass is 16.5. The molecule has 4 aromatic rings. The predicted octanol–water partition coefficient (Wildman–Crippen LogP) is 5.12. The van der Waals surface area contributed by atoms with Gasteiger partial charge in [-0.05, 0) is 88.4 Å². The van der Waals surface area contributed by atoms with Crippen molar-refractivity contribution in [2.75, 3.05) is 14.2 Å². The average molecular weight is 659 g/mol. The van der Waals surface area contributed by atoms with Crippen molar-refractivity contribution < 1.29 is 44.3 Å². The Morgan fingerprint density at radius 1 is 0.521 bits per heavy atom. The quantitative estimate of drug-likeness (QED) is 0.110. The van der Waals surface area contributed by atoms with Crippen LogP contribution < -0.4 is 20.3 Å². The number of carbonyl (C=O) groups excluding carboxylic acids is 3. The first-order valence-corrected chi connectivity index (χ1v) is 14.3. The summed E-state index contributed by atoms with van der Waals surface area (Å²) in [6, 6.07) is 21.7. The molecule has 0 radical (unpaired) electrons. The Morgan fingerprint density at radius 3 is 1.15 bits per heavy atom. The van der Waals surface area contributed by atoms with Crippen molar-refractivity contribution in [3.05, 3.63) is 107 Å². The molecule has 13 heteroatoms. The molecule has 48 heavy (non-hydrogen) atoms. The van der Waals surface area contributed by atoms with Crippen LogP contribution in [0.3, 0.4) is 0 Å². The van der Waals surface area contributed by atoms with Crippen LogP contribution in [0.15, 0.2) is 95.1 Å². The Morgan fingerprint density at radius 2 is 0.833 bits per heavy atom. The summed E-state index contributed by atoms with van der Waals surface area (Å²) < 4.78 is 10.2. The summed E-state index contributed by atoms with van der Waals surface area (Å²) in [4.78, 5) is 33.3. The van der Waals surface area contributed by atoms with Crippen molar-refractivity contribution in [3.63, 3.8) is 0 Å². The Kier molecular flexibility index (Phi) is 14.6. The Bertz CT molecular complexity index is 1670. The maximum atomic E-state index is 11.9. The van der Waals surface area contributed by atoms with Crippen LogP contribution in [-0.2, 0) is 4.79 Å². The number of aromatic hydroxyl groups is 4. The van der Waals surface area contributed by atoms with Gasteiger partial charge in [-0.15, -0.1) is 0 Å². The van der Waals surface area contributed by atoms with Gasteiger partial charge in [0.15, 0.2) is 0 Å². The first-order valence-electron chi connectivity index (χ1n) is 14.3. The maximum Gasteiger partial charge on any atom is 0.275 e. The molecule has 0 aliphatic heterocycles. The van der Waals surface area contributed by atoms with Crippen LogP contribution in [0.5, 0.6) is 34.5 Å². The SMILES string of the molecule is CC(C)=O.COc1ccc(O)c(/C(C)=N/NC(=O)c2ccccc2O)c1.COc1ccc(O)c(/C(C)=N/NC(=O)c2ccccc2O)c1. The van der Waals surface area contributed by atoms with E-state index in [9.17, 15) is 34.8 Å². The van der Waals surface area contributed by atoms with Crippen LogP contribution >= 0.6 is 0 Å². The van der Waals surface area contributed by atoms with Crippen LogP contribution in [0.1, 0.15) is 59.5 Å². The third-order valence-electron chi connectivity index (χ3n) is 6.13. The summed E-state index contributed by atoms with van der Waals surface area (Å²) in [5, 5.41) is 46.8. The van der Waals surface area contributed by atoms with Gasteiger partial charge in [-0.3, -0.25) is 9.59 Å². The minimum absolute atomic E-state index is 0.0267. The number of nitrogens with zero attached hydrogens (tertiary/aromatic N) is 2. The molecule has 0 unspecified atom stereocenters. The lowest BCUT2D eigenvalue weighted by atomic mass is 10.1. The number of Topliss-reactive ketones (excluding diaryl/α,β-unsaturated/α-hetero) is 1. The van der Waals surface area contributed by atoms with Crippen molar-refractivity contribution >= 4 is 29.0 Å². The number of hydrogen-bond acceptors (Lipinski definition) is 11. The van der Waals surface area contributed by atoms with E-state index in [1.165, 1.54) is 64.5 Å². The number of hydrogen-bond donors (Lipinski definition) is 6. The molecule has 0 heterocycles. The van der Waals surface area contributed by atoms with E-state index in [4.69, 9.17) is 9.47 Å². The van der Waals surface area contributed by atoms with Gasteiger partial charge in [-0.1, -0.05) is 24.3 Å². The minimum atomic E-state index is -0.542. The lowest BCUT2D eigenvalue weighted by molar-refractivity contribution is -0.115. The van der Waals surface area contributed by atoms with Crippen molar-refractivity contribution in [2.24, 2.45) is 10.2 Å². The van der Waals surface area contributed by atoms with Crippen LogP contribution in [0.4, 0.5) is 0 Å². The molecular weight excluding hydrogens is 620 g/mol. The number of rotatable bonds is 8.